The van der Waals surface area contributed by atoms with Crippen LogP contribution in [-0.4, -0.2) is 27.5 Å². The Bertz CT molecular complexity index is 490. The van der Waals surface area contributed by atoms with Crippen molar-refractivity contribution < 1.29 is 14.8 Å². The smallest absolute Gasteiger partial charge is 0.310 e. The summed E-state index contributed by atoms with van der Waals surface area (Å²) in [5.74, 6) is -0.746. The molecule has 0 amide bonds. The molecular formula is C10H12ClN3O4. The van der Waals surface area contributed by atoms with Crippen LogP contribution in [0.5, 0.6) is 0 Å². The number of carboxylic acid groups (broad SMARTS) is 1. The SMILES string of the molecule is CC(C)(CNc1ncc([N+](=O)[O-])cc1Cl)C(=O)O. The summed E-state index contributed by atoms with van der Waals surface area (Å²) < 4.78 is 0. The van der Waals surface area contributed by atoms with Gasteiger partial charge in [0, 0.05) is 12.6 Å². The Morgan fingerprint density at radius 2 is 2.28 bits per heavy atom. The van der Waals surface area contributed by atoms with Crippen LogP contribution in [0.25, 0.3) is 0 Å². The first-order valence-electron chi connectivity index (χ1n) is 5.01. The van der Waals surface area contributed by atoms with Gasteiger partial charge in [-0.1, -0.05) is 11.6 Å². The van der Waals surface area contributed by atoms with Crippen molar-refractivity contribution in [3.8, 4) is 0 Å². The minimum atomic E-state index is -0.993. The van der Waals surface area contributed by atoms with Crippen LogP contribution in [-0.2, 0) is 4.79 Å². The lowest BCUT2D eigenvalue weighted by atomic mass is 9.94. The Kier molecular flexibility index (Phi) is 4.07. The lowest BCUT2D eigenvalue weighted by Crippen LogP contribution is -2.32. The van der Waals surface area contributed by atoms with Crippen LogP contribution in [0.2, 0.25) is 5.02 Å². The highest BCUT2D eigenvalue weighted by atomic mass is 35.5. The second-order valence-corrected chi connectivity index (χ2v) is 4.73. The first kappa shape index (κ1) is 14.2. The highest BCUT2D eigenvalue weighted by Crippen LogP contribution is 2.25. The van der Waals surface area contributed by atoms with Crippen molar-refractivity contribution in [2.75, 3.05) is 11.9 Å². The van der Waals surface area contributed by atoms with Gasteiger partial charge < -0.3 is 10.4 Å². The largest absolute Gasteiger partial charge is 0.481 e. The quantitative estimate of drug-likeness (QED) is 0.629. The second kappa shape index (κ2) is 5.18. The number of nitro groups is 1. The van der Waals surface area contributed by atoms with Crippen molar-refractivity contribution in [1.82, 2.24) is 4.98 Å². The van der Waals surface area contributed by atoms with Gasteiger partial charge in [0.15, 0.2) is 0 Å². The van der Waals surface area contributed by atoms with E-state index in [4.69, 9.17) is 16.7 Å². The van der Waals surface area contributed by atoms with E-state index in [1.807, 2.05) is 0 Å². The molecule has 0 saturated heterocycles. The van der Waals surface area contributed by atoms with Crippen LogP contribution in [0.4, 0.5) is 11.5 Å². The van der Waals surface area contributed by atoms with Crippen molar-refractivity contribution in [2.45, 2.75) is 13.8 Å². The molecule has 0 spiro atoms. The lowest BCUT2D eigenvalue weighted by Gasteiger charge is -2.20. The summed E-state index contributed by atoms with van der Waals surface area (Å²) in [6, 6.07) is 1.16. The van der Waals surface area contributed by atoms with Crippen LogP contribution in [0.1, 0.15) is 13.8 Å². The average molecular weight is 274 g/mol. The highest BCUT2D eigenvalue weighted by Gasteiger charge is 2.27. The van der Waals surface area contributed by atoms with E-state index in [0.29, 0.717) is 0 Å². The predicted octanol–water partition coefficient (Wildman–Crippen LogP) is 2.17. The number of halogens is 1. The third-order valence-electron chi connectivity index (χ3n) is 2.31. The van der Waals surface area contributed by atoms with E-state index < -0.39 is 16.3 Å². The maximum atomic E-state index is 10.9. The van der Waals surface area contributed by atoms with Crippen LogP contribution in [0.15, 0.2) is 12.3 Å². The summed E-state index contributed by atoms with van der Waals surface area (Å²) in [6.45, 7) is 3.19. The fraction of sp³-hybridized carbons (Fsp3) is 0.400. The number of carbonyl (C=O) groups is 1. The molecule has 0 aromatic carbocycles. The lowest BCUT2D eigenvalue weighted by molar-refractivity contribution is -0.385. The number of carboxylic acids is 1. The van der Waals surface area contributed by atoms with Crippen molar-refractivity contribution in [3.05, 3.63) is 27.4 Å². The van der Waals surface area contributed by atoms with E-state index in [1.54, 1.807) is 13.8 Å². The van der Waals surface area contributed by atoms with Gasteiger partial charge in [-0.15, -0.1) is 0 Å². The molecule has 0 saturated carbocycles. The Labute approximate surface area is 108 Å². The van der Waals surface area contributed by atoms with Crippen molar-refractivity contribution in [1.29, 1.82) is 0 Å². The van der Waals surface area contributed by atoms with Gasteiger partial charge in [-0.2, -0.15) is 0 Å². The molecule has 1 aromatic rings. The van der Waals surface area contributed by atoms with Gasteiger partial charge in [0.1, 0.15) is 12.0 Å². The van der Waals surface area contributed by atoms with Gasteiger partial charge in [-0.25, -0.2) is 4.98 Å². The third-order valence-corrected chi connectivity index (χ3v) is 2.60. The Hall–Kier alpha value is -1.89. The highest BCUT2D eigenvalue weighted by molar-refractivity contribution is 6.33. The third kappa shape index (κ3) is 3.30. The molecule has 0 aliphatic rings. The Morgan fingerprint density at radius 3 is 2.72 bits per heavy atom. The van der Waals surface area contributed by atoms with Crippen molar-refractivity contribution in [2.24, 2.45) is 5.41 Å². The monoisotopic (exact) mass is 273 g/mol. The number of aromatic nitrogens is 1. The Balaban J connectivity index is 2.81. The minimum absolute atomic E-state index is 0.0744. The van der Waals surface area contributed by atoms with E-state index in [0.717, 1.165) is 12.3 Å². The Morgan fingerprint density at radius 1 is 1.67 bits per heavy atom. The first-order valence-corrected chi connectivity index (χ1v) is 5.39. The van der Waals surface area contributed by atoms with Gasteiger partial charge >= 0.3 is 5.97 Å². The number of hydrogen-bond donors (Lipinski definition) is 2. The van der Waals surface area contributed by atoms with E-state index in [9.17, 15) is 14.9 Å². The number of nitrogens with one attached hydrogen (secondary N) is 1. The standard InChI is InChI=1S/C10H12ClN3O4/c1-10(2,9(15)16)5-13-8-7(11)3-6(4-12-8)14(17)18/h3-4H,5H2,1-2H3,(H,12,13)(H,15,16). The fourth-order valence-electron chi connectivity index (χ4n) is 1.04. The summed E-state index contributed by atoms with van der Waals surface area (Å²) in [5, 5.41) is 22.2. The molecule has 1 aromatic heterocycles. The van der Waals surface area contributed by atoms with E-state index in [1.165, 1.54) is 0 Å². The summed E-state index contributed by atoms with van der Waals surface area (Å²) in [5.41, 5.74) is -1.21. The molecule has 0 atom stereocenters. The maximum absolute atomic E-state index is 10.9. The van der Waals surface area contributed by atoms with Gasteiger partial charge in [-0.05, 0) is 13.8 Å². The van der Waals surface area contributed by atoms with Gasteiger partial charge in [0.25, 0.3) is 5.69 Å². The molecule has 0 bridgehead atoms. The van der Waals surface area contributed by atoms with Gasteiger partial charge in [0.05, 0.1) is 15.4 Å². The van der Waals surface area contributed by atoms with Crippen LogP contribution in [0.3, 0.4) is 0 Å². The van der Waals surface area contributed by atoms with Crippen LogP contribution < -0.4 is 5.32 Å². The second-order valence-electron chi connectivity index (χ2n) is 4.32. The normalized spacial score (nSPS) is 11.1. The number of hydrogen-bond acceptors (Lipinski definition) is 5. The van der Waals surface area contributed by atoms with E-state index >= 15 is 0 Å². The molecule has 0 aliphatic heterocycles. The number of pyridine rings is 1. The van der Waals surface area contributed by atoms with Crippen LogP contribution >= 0.6 is 11.6 Å². The zero-order valence-corrected chi connectivity index (χ0v) is 10.6. The van der Waals surface area contributed by atoms with E-state index in [2.05, 4.69) is 10.3 Å². The molecule has 7 nitrogen and oxygen atoms in total. The number of anilines is 1. The summed E-state index contributed by atoms with van der Waals surface area (Å²) in [6.07, 6.45) is 1.06. The zero-order chi connectivity index (χ0) is 13.9. The predicted molar refractivity (Wildman–Crippen MR) is 65.8 cm³/mol. The first-order chi connectivity index (χ1) is 8.24. The number of aliphatic carboxylic acids is 1. The minimum Gasteiger partial charge on any atom is -0.481 e. The van der Waals surface area contributed by atoms with Crippen molar-refractivity contribution >= 4 is 29.1 Å². The van der Waals surface area contributed by atoms with Gasteiger partial charge in [-0.3, -0.25) is 14.9 Å². The van der Waals surface area contributed by atoms with Crippen LogP contribution in [0, 0.1) is 15.5 Å². The number of rotatable bonds is 5. The molecule has 0 radical (unpaired) electrons. The molecule has 98 valence electrons. The zero-order valence-electron chi connectivity index (χ0n) is 9.81. The molecule has 1 rings (SSSR count). The van der Waals surface area contributed by atoms with E-state index in [-0.39, 0.29) is 23.1 Å². The molecule has 0 unspecified atom stereocenters. The fourth-order valence-corrected chi connectivity index (χ4v) is 1.27. The molecular weight excluding hydrogens is 262 g/mol. The maximum Gasteiger partial charge on any atom is 0.310 e. The van der Waals surface area contributed by atoms with Crippen molar-refractivity contribution in [3.63, 3.8) is 0 Å². The molecule has 8 heteroatoms. The molecule has 1 heterocycles. The summed E-state index contributed by atoms with van der Waals surface area (Å²) in [4.78, 5) is 24.5. The topological polar surface area (TPSA) is 105 Å². The molecule has 2 N–H and O–H groups in total. The molecule has 18 heavy (non-hydrogen) atoms. The molecule has 0 fully saturated rings. The van der Waals surface area contributed by atoms with Gasteiger partial charge in [0.2, 0.25) is 0 Å². The summed E-state index contributed by atoms with van der Waals surface area (Å²) >= 11 is 5.81. The summed E-state index contributed by atoms with van der Waals surface area (Å²) in [7, 11) is 0. The molecule has 0 aliphatic carbocycles. The number of nitrogens with zero attached hydrogens (tertiary/aromatic N) is 2. The average Bonchev–Trinajstić information content (AvgIpc) is 2.26.